The summed E-state index contributed by atoms with van der Waals surface area (Å²) in [5.74, 6) is 2.43. The van der Waals surface area contributed by atoms with Crippen molar-refractivity contribution in [2.24, 2.45) is 0 Å². The van der Waals surface area contributed by atoms with Gasteiger partial charge in [0, 0.05) is 17.0 Å². The summed E-state index contributed by atoms with van der Waals surface area (Å²) in [6.07, 6.45) is 3.98. The van der Waals surface area contributed by atoms with E-state index in [0.29, 0.717) is 5.82 Å². The molecule has 0 bridgehead atoms. The maximum absolute atomic E-state index is 6.08. The highest BCUT2D eigenvalue weighted by atomic mass is 15.0. The van der Waals surface area contributed by atoms with Gasteiger partial charge in [0.25, 0.3) is 0 Å². The predicted molar refractivity (Wildman–Crippen MR) is 87.3 cm³/mol. The van der Waals surface area contributed by atoms with Crippen molar-refractivity contribution in [3.8, 4) is 11.3 Å². The summed E-state index contributed by atoms with van der Waals surface area (Å²) >= 11 is 0. The molecule has 3 heteroatoms. The Labute approximate surface area is 126 Å². The summed E-state index contributed by atoms with van der Waals surface area (Å²) in [4.78, 5) is 9.17. The Morgan fingerprint density at radius 2 is 1.95 bits per heavy atom. The van der Waals surface area contributed by atoms with Gasteiger partial charge in [0.05, 0.1) is 5.69 Å². The molecule has 1 aliphatic rings. The SMILES string of the molecule is Cc1c(N)nc(C(C)C)nc1-c1cccc(C2CCC2)c1. The molecule has 1 saturated carbocycles. The van der Waals surface area contributed by atoms with Crippen molar-refractivity contribution in [1.82, 2.24) is 9.97 Å². The second kappa shape index (κ2) is 5.47. The van der Waals surface area contributed by atoms with Crippen molar-refractivity contribution < 1.29 is 0 Å². The molecule has 3 rings (SSSR count). The maximum Gasteiger partial charge on any atom is 0.133 e. The van der Waals surface area contributed by atoms with E-state index < -0.39 is 0 Å². The average molecular weight is 281 g/mol. The van der Waals surface area contributed by atoms with Crippen LogP contribution in [0.3, 0.4) is 0 Å². The summed E-state index contributed by atoms with van der Waals surface area (Å²) in [6.45, 7) is 6.20. The zero-order valence-electron chi connectivity index (χ0n) is 13.1. The van der Waals surface area contributed by atoms with Crippen LogP contribution in [-0.4, -0.2) is 9.97 Å². The lowest BCUT2D eigenvalue weighted by molar-refractivity contribution is 0.420. The van der Waals surface area contributed by atoms with Gasteiger partial charge in [-0.2, -0.15) is 0 Å². The molecule has 1 fully saturated rings. The summed E-state index contributed by atoms with van der Waals surface area (Å²) in [6, 6.07) is 8.77. The van der Waals surface area contributed by atoms with Crippen LogP contribution in [0.5, 0.6) is 0 Å². The Morgan fingerprint density at radius 3 is 2.57 bits per heavy atom. The number of hydrogen-bond acceptors (Lipinski definition) is 3. The molecular weight excluding hydrogens is 258 g/mol. The van der Waals surface area contributed by atoms with E-state index in [0.717, 1.165) is 28.6 Å². The van der Waals surface area contributed by atoms with E-state index >= 15 is 0 Å². The molecule has 21 heavy (non-hydrogen) atoms. The molecule has 1 aliphatic carbocycles. The van der Waals surface area contributed by atoms with Gasteiger partial charge in [-0.25, -0.2) is 9.97 Å². The van der Waals surface area contributed by atoms with Crippen LogP contribution in [0.15, 0.2) is 24.3 Å². The molecule has 0 amide bonds. The molecule has 0 spiro atoms. The zero-order valence-corrected chi connectivity index (χ0v) is 13.1. The minimum absolute atomic E-state index is 0.279. The van der Waals surface area contributed by atoms with Crippen molar-refractivity contribution >= 4 is 5.82 Å². The number of aromatic nitrogens is 2. The summed E-state index contributed by atoms with van der Waals surface area (Å²) in [7, 11) is 0. The number of hydrogen-bond donors (Lipinski definition) is 1. The van der Waals surface area contributed by atoms with Gasteiger partial charge >= 0.3 is 0 Å². The van der Waals surface area contributed by atoms with Crippen LogP contribution in [0.25, 0.3) is 11.3 Å². The quantitative estimate of drug-likeness (QED) is 0.905. The molecule has 3 nitrogen and oxygen atoms in total. The van der Waals surface area contributed by atoms with Gasteiger partial charge in [-0.1, -0.05) is 38.5 Å². The van der Waals surface area contributed by atoms with Gasteiger partial charge in [-0.05, 0) is 37.3 Å². The third-order valence-electron chi connectivity index (χ3n) is 4.45. The van der Waals surface area contributed by atoms with Gasteiger partial charge in [0.2, 0.25) is 0 Å². The highest BCUT2D eigenvalue weighted by Crippen LogP contribution is 2.38. The van der Waals surface area contributed by atoms with E-state index in [1.165, 1.54) is 24.8 Å². The molecule has 0 atom stereocenters. The molecule has 0 radical (unpaired) electrons. The molecule has 0 saturated heterocycles. The molecule has 0 unspecified atom stereocenters. The van der Waals surface area contributed by atoms with E-state index in [-0.39, 0.29) is 5.92 Å². The first-order chi connectivity index (χ1) is 10.1. The molecule has 1 heterocycles. The second-order valence-corrected chi connectivity index (χ2v) is 6.35. The van der Waals surface area contributed by atoms with Gasteiger partial charge in [0.15, 0.2) is 0 Å². The highest BCUT2D eigenvalue weighted by Gasteiger charge is 2.20. The Bertz CT molecular complexity index is 658. The Kier molecular flexibility index (Phi) is 3.66. The maximum atomic E-state index is 6.08. The van der Waals surface area contributed by atoms with Crippen LogP contribution in [0.1, 0.15) is 61.9 Å². The first kappa shape index (κ1) is 14.1. The second-order valence-electron chi connectivity index (χ2n) is 6.35. The van der Waals surface area contributed by atoms with Gasteiger partial charge in [-0.3, -0.25) is 0 Å². The fourth-order valence-corrected chi connectivity index (χ4v) is 2.77. The third-order valence-corrected chi connectivity index (χ3v) is 4.45. The fraction of sp³-hybridized carbons (Fsp3) is 0.444. The number of nitrogens with zero attached hydrogens (tertiary/aromatic N) is 2. The summed E-state index contributed by atoms with van der Waals surface area (Å²) in [5.41, 5.74) is 10.6. The lowest BCUT2D eigenvalue weighted by atomic mass is 9.79. The van der Waals surface area contributed by atoms with E-state index in [1.54, 1.807) is 0 Å². The predicted octanol–water partition coefficient (Wildman–Crippen LogP) is 4.43. The van der Waals surface area contributed by atoms with E-state index in [1.807, 2.05) is 6.92 Å². The molecule has 0 aliphatic heterocycles. The lowest BCUT2D eigenvalue weighted by Crippen LogP contribution is -2.09. The minimum Gasteiger partial charge on any atom is -0.383 e. The topological polar surface area (TPSA) is 51.8 Å². The third kappa shape index (κ3) is 2.65. The molecular formula is C18H23N3. The van der Waals surface area contributed by atoms with Crippen molar-refractivity contribution in [2.45, 2.75) is 51.9 Å². The van der Waals surface area contributed by atoms with Crippen LogP contribution in [-0.2, 0) is 0 Å². The number of rotatable bonds is 3. The van der Waals surface area contributed by atoms with Gasteiger partial charge in [0.1, 0.15) is 11.6 Å². The fourth-order valence-electron chi connectivity index (χ4n) is 2.77. The first-order valence-corrected chi connectivity index (χ1v) is 7.80. The number of anilines is 1. The van der Waals surface area contributed by atoms with E-state index in [9.17, 15) is 0 Å². The number of nitrogens with two attached hydrogens (primary N) is 1. The normalized spacial score (nSPS) is 15.2. The zero-order chi connectivity index (χ0) is 15.0. The number of benzene rings is 1. The monoisotopic (exact) mass is 281 g/mol. The summed E-state index contributed by atoms with van der Waals surface area (Å²) < 4.78 is 0. The Balaban J connectivity index is 2.06. The standard InChI is InChI=1S/C18H23N3/c1-11(2)18-20-16(12(3)17(19)21-18)15-9-5-8-14(10-15)13-6-4-7-13/h5,8-11,13H,4,6-7H2,1-3H3,(H2,19,20,21). The molecule has 2 aromatic rings. The van der Waals surface area contributed by atoms with Crippen LogP contribution >= 0.6 is 0 Å². The average Bonchev–Trinajstić information content (AvgIpc) is 2.40. The number of nitrogen functional groups attached to an aromatic ring is 1. The lowest BCUT2D eigenvalue weighted by Gasteiger charge is -2.26. The summed E-state index contributed by atoms with van der Waals surface area (Å²) in [5, 5.41) is 0. The molecule has 1 aromatic heterocycles. The minimum atomic E-state index is 0.279. The van der Waals surface area contributed by atoms with Crippen molar-refractivity contribution in [2.75, 3.05) is 5.73 Å². The van der Waals surface area contributed by atoms with Gasteiger partial charge in [-0.15, -0.1) is 0 Å². The highest BCUT2D eigenvalue weighted by molar-refractivity contribution is 5.68. The van der Waals surface area contributed by atoms with Crippen molar-refractivity contribution in [1.29, 1.82) is 0 Å². The van der Waals surface area contributed by atoms with Crippen LogP contribution < -0.4 is 5.73 Å². The van der Waals surface area contributed by atoms with Gasteiger partial charge < -0.3 is 5.73 Å². The van der Waals surface area contributed by atoms with E-state index in [2.05, 4.69) is 43.1 Å². The van der Waals surface area contributed by atoms with Crippen LogP contribution in [0, 0.1) is 6.92 Å². The van der Waals surface area contributed by atoms with Crippen LogP contribution in [0.2, 0.25) is 0 Å². The van der Waals surface area contributed by atoms with Crippen molar-refractivity contribution in [3.05, 3.63) is 41.2 Å². The van der Waals surface area contributed by atoms with Crippen molar-refractivity contribution in [3.63, 3.8) is 0 Å². The van der Waals surface area contributed by atoms with E-state index in [4.69, 9.17) is 10.7 Å². The molecule has 110 valence electrons. The smallest absolute Gasteiger partial charge is 0.133 e. The first-order valence-electron chi connectivity index (χ1n) is 7.80. The largest absolute Gasteiger partial charge is 0.383 e. The van der Waals surface area contributed by atoms with Crippen LogP contribution in [0.4, 0.5) is 5.82 Å². The Morgan fingerprint density at radius 1 is 1.19 bits per heavy atom. The Hall–Kier alpha value is -1.90. The molecule has 1 aromatic carbocycles. The molecule has 2 N–H and O–H groups in total.